The van der Waals surface area contributed by atoms with Crippen LogP contribution in [-0.4, -0.2) is 13.2 Å². The van der Waals surface area contributed by atoms with E-state index in [1.807, 2.05) is 0 Å². The van der Waals surface area contributed by atoms with Gasteiger partial charge in [0.1, 0.15) is 0 Å². The van der Waals surface area contributed by atoms with E-state index < -0.39 is 0 Å². The van der Waals surface area contributed by atoms with Gasteiger partial charge in [-0.05, 0) is 0 Å². The van der Waals surface area contributed by atoms with Crippen molar-refractivity contribution in [1.29, 1.82) is 0 Å². The molecule has 0 aromatic heterocycles. The van der Waals surface area contributed by atoms with Crippen molar-refractivity contribution in [2.45, 2.75) is 53.4 Å². The molecule has 0 atom stereocenters. The molecule has 0 aromatic rings. The average molecular weight is 1130 g/mol. The first-order valence-electron chi connectivity index (χ1n) is 6.23. The minimum Gasteiger partial charge on any atom is -0.386 e. The second-order valence-electron chi connectivity index (χ2n) is 4.91. The first-order valence-corrected chi connectivity index (χ1v) is 6.23. The summed E-state index contributed by atoms with van der Waals surface area (Å²) in [4.78, 5) is 0. The molecule has 0 radical (unpaired) electrons. The number of hydrogen-bond donors (Lipinski definition) is 0. The fourth-order valence-electron chi connectivity index (χ4n) is 1.39. The minimum atomic E-state index is 0. The monoisotopic (exact) mass is 1130 g/mol. The van der Waals surface area contributed by atoms with Gasteiger partial charge in [-0.2, -0.15) is 0 Å². The molecule has 0 spiro atoms. The molecule has 0 bridgehead atoms. The Morgan fingerprint density at radius 2 is 0.800 bits per heavy atom. The molecule has 0 saturated carbocycles. The first-order chi connectivity index (χ1) is 6.95. The molecular weight excluding hydrogens is 1100 g/mol. The SMILES string of the molecule is [CH2-]C(CC)(CC)COCC([CH2-])(CC)CC.[W].[W].[W].[W].[W]. The van der Waals surface area contributed by atoms with E-state index in [0.717, 1.165) is 38.9 Å². The number of ether oxygens (including phenoxy) is 1. The Kier molecular flexibility index (Phi) is 39.6. The summed E-state index contributed by atoms with van der Waals surface area (Å²) in [6, 6.07) is 0. The van der Waals surface area contributed by atoms with Crippen LogP contribution in [0.15, 0.2) is 0 Å². The summed E-state index contributed by atoms with van der Waals surface area (Å²) in [6.07, 6.45) is 4.30. The van der Waals surface area contributed by atoms with Crippen LogP contribution in [0.1, 0.15) is 53.4 Å². The van der Waals surface area contributed by atoms with Gasteiger partial charge in [-0.3, -0.25) is 0 Å². The van der Waals surface area contributed by atoms with Crippen LogP contribution >= 0.6 is 0 Å². The van der Waals surface area contributed by atoms with Crippen molar-refractivity contribution in [3.05, 3.63) is 13.8 Å². The predicted molar refractivity (Wildman–Crippen MR) is 67.6 cm³/mol. The molecule has 0 aliphatic carbocycles. The van der Waals surface area contributed by atoms with Crippen molar-refractivity contribution < 1.29 is 110 Å². The van der Waals surface area contributed by atoms with Crippen molar-refractivity contribution in [3.8, 4) is 0 Å². The van der Waals surface area contributed by atoms with Crippen LogP contribution in [0.2, 0.25) is 0 Å². The zero-order valence-electron chi connectivity index (χ0n) is 13.1. The maximum atomic E-state index is 5.80. The average Bonchev–Trinajstić information content (AvgIpc) is 2.28. The van der Waals surface area contributed by atoms with E-state index in [0.29, 0.717) is 0 Å². The standard InChI is InChI=1S/C14H28O.5W/c1-7-13(5,8-2)11-15-12-14(6,9-3)10-4;;;;;/h5-12H2,1-4H3;;;;;/q-2;;;;;. The van der Waals surface area contributed by atoms with Gasteiger partial charge in [-0.15, -0.1) is 10.8 Å². The largest absolute Gasteiger partial charge is 0.386 e. The molecule has 0 saturated heterocycles. The molecule has 0 aromatic carbocycles. The molecular formula is C14H28OW5-2. The fourth-order valence-corrected chi connectivity index (χ4v) is 1.39. The molecule has 0 rings (SSSR count). The zero-order chi connectivity index (χ0) is 11.9. The third-order valence-electron chi connectivity index (χ3n) is 3.82. The zero-order valence-corrected chi connectivity index (χ0v) is 27.8. The molecule has 122 valence electrons. The normalized spacial score (nSPS) is 9.90. The van der Waals surface area contributed by atoms with E-state index in [9.17, 15) is 0 Å². The van der Waals surface area contributed by atoms with Gasteiger partial charge in [0.25, 0.3) is 0 Å². The molecule has 0 N–H and O–H groups in total. The van der Waals surface area contributed by atoms with Crippen molar-refractivity contribution in [2.24, 2.45) is 10.8 Å². The van der Waals surface area contributed by atoms with E-state index in [-0.39, 0.29) is 116 Å². The molecule has 0 aliphatic rings. The summed E-state index contributed by atoms with van der Waals surface area (Å²) in [5, 5.41) is 0. The molecule has 0 heterocycles. The number of hydrogen-bond acceptors (Lipinski definition) is 1. The Morgan fingerprint density at radius 1 is 0.600 bits per heavy atom. The van der Waals surface area contributed by atoms with E-state index in [4.69, 9.17) is 4.74 Å². The van der Waals surface area contributed by atoms with Crippen molar-refractivity contribution in [3.63, 3.8) is 0 Å². The molecule has 0 unspecified atom stereocenters. The van der Waals surface area contributed by atoms with Crippen molar-refractivity contribution in [1.82, 2.24) is 0 Å². The summed E-state index contributed by atoms with van der Waals surface area (Å²) >= 11 is 0. The van der Waals surface area contributed by atoms with E-state index in [2.05, 4.69) is 41.5 Å². The molecule has 0 amide bonds. The van der Waals surface area contributed by atoms with Crippen molar-refractivity contribution in [2.75, 3.05) is 13.2 Å². The van der Waals surface area contributed by atoms with Gasteiger partial charge < -0.3 is 18.6 Å². The maximum Gasteiger partial charge on any atom is 0.0247 e. The maximum absolute atomic E-state index is 5.80. The Morgan fingerprint density at radius 3 is 0.950 bits per heavy atom. The van der Waals surface area contributed by atoms with Gasteiger partial charge in [-0.1, -0.05) is 53.4 Å². The fraction of sp³-hybridized carbons (Fsp3) is 0.857. The van der Waals surface area contributed by atoms with Crippen LogP contribution in [0.5, 0.6) is 0 Å². The topological polar surface area (TPSA) is 9.23 Å². The number of rotatable bonds is 8. The van der Waals surface area contributed by atoms with E-state index in [1.165, 1.54) is 0 Å². The Labute approximate surface area is 199 Å². The van der Waals surface area contributed by atoms with Crippen LogP contribution in [0.4, 0.5) is 0 Å². The third-order valence-corrected chi connectivity index (χ3v) is 3.82. The Hall–Kier alpha value is 3.40. The summed E-state index contributed by atoms with van der Waals surface area (Å²) in [5.41, 5.74) is 0.199. The first kappa shape index (κ1) is 38.8. The van der Waals surface area contributed by atoms with Gasteiger partial charge >= 0.3 is 0 Å². The van der Waals surface area contributed by atoms with Crippen LogP contribution < -0.4 is 0 Å². The second-order valence-corrected chi connectivity index (χ2v) is 4.91. The Balaban J connectivity index is -0.0000000980. The quantitative estimate of drug-likeness (QED) is 0.331. The van der Waals surface area contributed by atoms with Crippen LogP contribution in [-0.2, 0) is 110 Å². The molecule has 0 aliphatic heterocycles. The van der Waals surface area contributed by atoms with Crippen LogP contribution in [0, 0.1) is 24.7 Å². The molecule has 0 fully saturated rings. The summed E-state index contributed by atoms with van der Waals surface area (Å²) < 4.78 is 5.80. The van der Waals surface area contributed by atoms with Crippen molar-refractivity contribution >= 4 is 0 Å². The molecule has 20 heavy (non-hydrogen) atoms. The third kappa shape index (κ3) is 16.3. The summed E-state index contributed by atoms with van der Waals surface area (Å²) in [6.45, 7) is 18.7. The molecule has 1 nitrogen and oxygen atoms in total. The van der Waals surface area contributed by atoms with Gasteiger partial charge in [0.2, 0.25) is 0 Å². The predicted octanol–water partition coefficient (Wildman–Crippen LogP) is 4.27. The smallest absolute Gasteiger partial charge is 0.0247 e. The summed E-state index contributed by atoms with van der Waals surface area (Å²) in [7, 11) is 0. The van der Waals surface area contributed by atoms with Gasteiger partial charge in [0, 0.05) is 119 Å². The van der Waals surface area contributed by atoms with Gasteiger partial charge in [0.15, 0.2) is 0 Å². The minimum absolute atomic E-state index is 0. The van der Waals surface area contributed by atoms with E-state index in [1.54, 1.807) is 0 Å². The van der Waals surface area contributed by atoms with Gasteiger partial charge in [-0.25, -0.2) is 0 Å². The second kappa shape index (κ2) is 20.4. The molecule has 6 heteroatoms. The van der Waals surface area contributed by atoms with E-state index >= 15 is 0 Å². The van der Waals surface area contributed by atoms with Crippen LogP contribution in [0.25, 0.3) is 0 Å². The van der Waals surface area contributed by atoms with Gasteiger partial charge in [0.05, 0.1) is 0 Å². The summed E-state index contributed by atoms with van der Waals surface area (Å²) in [5.74, 6) is 0. The Bertz CT molecular complexity index is 153. The van der Waals surface area contributed by atoms with Crippen LogP contribution in [0.3, 0.4) is 0 Å².